The molecule has 0 heterocycles. The lowest BCUT2D eigenvalue weighted by molar-refractivity contribution is 0.0916. The molecule has 2 unspecified atom stereocenters. The maximum absolute atomic E-state index is 11.9. The number of carbonyl (C=O) groups excluding carboxylic acids is 1. The van der Waals surface area contributed by atoms with E-state index in [1.807, 2.05) is 13.8 Å². The van der Waals surface area contributed by atoms with Crippen molar-refractivity contribution in [3.63, 3.8) is 0 Å². The topological polar surface area (TPSA) is 49.3 Å². The summed E-state index contributed by atoms with van der Waals surface area (Å²) in [5, 5.41) is 12.2. The standard InChI is InChI=1S/C12H15BrClNO2/c1-7(6-16)8(2)15-12(17)10-4-3-9(13)5-11(10)14/h3-5,7-8,16H,6H2,1-2H3,(H,15,17). The molecule has 0 bridgehead atoms. The van der Waals surface area contributed by atoms with Gasteiger partial charge in [-0.3, -0.25) is 4.79 Å². The summed E-state index contributed by atoms with van der Waals surface area (Å²) >= 11 is 9.26. The normalized spacial score (nSPS) is 14.2. The van der Waals surface area contributed by atoms with Crippen LogP contribution in [0, 0.1) is 5.92 Å². The average molecular weight is 321 g/mol. The molecule has 94 valence electrons. The Morgan fingerprint density at radius 3 is 2.71 bits per heavy atom. The molecule has 1 aromatic carbocycles. The molecule has 1 aromatic rings. The molecule has 0 radical (unpaired) electrons. The van der Waals surface area contributed by atoms with Crippen LogP contribution in [-0.2, 0) is 0 Å². The number of aliphatic hydroxyl groups excluding tert-OH is 1. The van der Waals surface area contributed by atoms with Gasteiger partial charge in [0, 0.05) is 17.1 Å². The first-order chi connectivity index (χ1) is 7.95. The van der Waals surface area contributed by atoms with E-state index >= 15 is 0 Å². The molecule has 0 saturated carbocycles. The number of halogens is 2. The average Bonchev–Trinajstić information content (AvgIpc) is 2.27. The van der Waals surface area contributed by atoms with Crippen LogP contribution in [0.3, 0.4) is 0 Å². The summed E-state index contributed by atoms with van der Waals surface area (Å²) in [6, 6.07) is 5.00. The number of amides is 1. The minimum atomic E-state index is -0.227. The number of rotatable bonds is 4. The molecule has 5 heteroatoms. The zero-order chi connectivity index (χ0) is 13.0. The first-order valence-electron chi connectivity index (χ1n) is 5.32. The van der Waals surface area contributed by atoms with Crippen molar-refractivity contribution in [1.82, 2.24) is 5.32 Å². The lowest BCUT2D eigenvalue weighted by Crippen LogP contribution is -2.38. The Hall–Kier alpha value is -0.580. The third-order valence-electron chi connectivity index (χ3n) is 2.68. The zero-order valence-corrected chi connectivity index (χ0v) is 12.0. The predicted molar refractivity (Wildman–Crippen MR) is 72.3 cm³/mol. The second-order valence-electron chi connectivity index (χ2n) is 4.05. The smallest absolute Gasteiger partial charge is 0.253 e. The number of aliphatic hydroxyl groups is 1. The van der Waals surface area contributed by atoms with Crippen LogP contribution in [0.25, 0.3) is 0 Å². The van der Waals surface area contributed by atoms with Crippen molar-refractivity contribution < 1.29 is 9.90 Å². The van der Waals surface area contributed by atoms with Gasteiger partial charge in [-0.05, 0) is 31.0 Å². The Bertz CT molecular complexity index is 411. The summed E-state index contributed by atoms with van der Waals surface area (Å²) in [5.41, 5.74) is 0.437. The molecule has 3 nitrogen and oxygen atoms in total. The summed E-state index contributed by atoms with van der Waals surface area (Å²) in [7, 11) is 0. The van der Waals surface area contributed by atoms with Gasteiger partial charge < -0.3 is 10.4 Å². The molecule has 0 aliphatic rings. The number of carbonyl (C=O) groups is 1. The Balaban J connectivity index is 2.76. The van der Waals surface area contributed by atoms with Crippen molar-refractivity contribution in [1.29, 1.82) is 0 Å². The van der Waals surface area contributed by atoms with Crippen molar-refractivity contribution in [2.45, 2.75) is 19.9 Å². The van der Waals surface area contributed by atoms with Crippen LogP contribution in [0.5, 0.6) is 0 Å². The number of nitrogens with one attached hydrogen (secondary N) is 1. The Labute approximate surface area is 114 Å². The molecule has 2 atom stereocenters. The van der Waals surface area contributed by atoms with Crippen LogP contribution < -0.4 is 5.32 Å². The van der Waals surface area contributed by atoms with Gasteiger partial charge in [-0.1, -0.05) is 34.5 Å². The van der Waals surface area contributed by atoms with E-state index in [1.54, 1.807) is 18.2 Å². The van der Waals surface area contributed by atoms with E-state index < -0.39 is 0 Å². The van der Waals surface area contributed by atoms with Crippen LogP contribution in [-0.4, -0.2) is 23.7 Å². The van der Waals surface area contributed by atoms with Gasteiger partial charge in [0.05, 0.1) is 10.6 Å². The monoisotopic (exact) mass is 319 g/mol. The Morgan fingerprint density at radius 2 is 2.18 bits per heavy atom. The predicted octanol–water partition coefficient (Wildman–Crippen LogP) is 2.85. The largest absolute Gasteiger partial charge is 0.396 e. The fourth-order valence-corrected chi connectivity index (χ4v) is 2.02. The zero-order valence-electron chi connectivity index (χ0n) is 9.71. The maximum Gasteiger partial charge on any atom is 0.253 e. The molecule has 0 aliphatic heterocycles. The molecule has 0 spiro atoms. The summed E-state index contributed by atoms with van der Waals surface area (Å²) < 4.78 is 0.829. The van der Waals surface area contributed by atoms with Gasteiger partial charge >= 0.3 is 0 Å². The summed E-state index contributed by atoms with van der Waals surface area (Å²) in [4.78, 5) is 11.9. The highest BCUT2D eigenvalue weighted by Gasteiger charge is 2.16. The third-order valence-corrected chi connectivity index (χ3v) is 3.48. The van der Waals surface area contributed by atoms with E-state index in [9.17, 15) is 4.79 Å². The highest BCUT2D eigenvalue weighted by molar-refractivity contribution is 9.10. The van der Waals surface area contributed by atoms with E-state index in [0.29, 0.717) is 10.6 Å². The van der Waals surface area contributed by atoms with Crippen molar-refractivity contribution in [3.05, 3.63) is 33.3 Å². The fourth-order valence-electron chi connectivity index (χ4n) is 1.26. The quantitative estimate of drug-likeness (QED) is 0.896. The van der Waals surface area contributed by atoms with Gasteiger partial charge in [0.15, 0.2) is 0 Å². The van der Waals surface area contributed by atoms with Crippen molar-refractivity contribution in [3.8, 4) is 0 Å². The molecule has 2 N–H and O–H groups in total. The minimum Gasteiger partial charge on any atom is -0.396 e. The summed E-state index contributed by atoms with van der Waals surface area (Å²) in [5.74, 6) is -0.219. The molecule has 0 aliphatic carbocycles. The number of hydrogen-bond donors (Lipinski definition) is 2. The fraction of sp³-hybridized carbons (Fsp3) is 0.417. The minimum absolute atomic E-state index is 0.00757. The Morgan fingerprint density at radius 1 is 1.53 bits per heavy atom. The first kappa shape index (κ1) is 14.5. The first-order valence-corrected chi connectivity index (χ1v) is 6.49. The summed E-state index contributed by atoms with van der Waals surface area (Å²) in [6.07, 6.45) is 0. The molecule has 0 aromatic heterocycles. The molecule has 0 fully saturated rings. The van der Waals surface area contributed by atoms with E-state index in [-0.39, 0.29) is 24.5 Å². The van der Waals surface area contributed by atoms with Crippen molar-refractivity contribution in [2.75, 3.05) is 6.61 Å². The van der Waals surface area contributed by atoms with E-state index in [2.05, 4.69) is 21.2 Å². The SMILES string of the molecule is CC(CO)C(C)NC(=O)c1ccc(Br)cc1Cl. The van der Waals surface area contributed by atoms with Crippen LogP contribution in [0.1, 0.15) is 24.2 Å². The van der Waals surface area contributed by atoms with Crippen LogP contribution in [0.4, 0.5) is 0 Å². The Kier molecular flexibility index (Phi) is 5.43. The second kappa shape index (κ2) is 6.38. The van der Waals surface area contributed by atoms with E-state index in [0.717, 1.165) is 4.47 Å². The highest BCUT2D eigenvalue weighted by Crippen LogP contribution is 2.21. The van der Waals surface area contributed by atoms with E-state index in [1.165, 1.54) is 0 Å². The van der Waals surface area contributed by atoms with E-state index in [4.69, 9.17) is 16.7 Å². The van der Waals surface area contributed by atoms with Crippen molar-refractivity contribution in [2.24, 2.45) is 5.92 Å². The van der Waals surface area contributed by atoms with Gasteiger partial charge in [0.1, 0.15) is 0 Å². The molecular formula is C12H15BrClNO2. The molecule has 1 rings (SSSR count). The second-order valence-corrected chi connectivity index (χ2v) is 5.37. The highest BCUT2D eigenvalue weighted by atomic mass is 79.9. The van der Waals surface area contributed by atoms with Crippen LogP contribution >= 0.6 is 27.5 Å². The molecule has 1 amide bonds. The lowest BCUT2D eigenvalue weighted by Gasteiger charge is -2.19. The van der Waals surface area contributed by atoms with Gasteiger partial charge in [0.2, 0.25) is 0 Å². The van der Waals surface area contributed by atoms with Gasteiger partial charge in [-0.25, -0.2) is 0 Å². The molecule has 0 saturated heterocycles. The summed E-state index contributed by atoms with van der Waals surface area (Å²) in [6.45, 7) is 3.76. The number of benzene rings is 1. The number of hydrogen-bond acceptors (Lipinski definition) is 2. The van der Waals surface area contributed by atoms with Crippen LogP contribution in [0.15, 0.2) is 22.7 Å². The maximum atomic E-state index is 11.9. The molecular weight excluding hydrogens is 305 g/mol. The molecule has 17 heavy (non-hydrogen) atoms. The van der Waals surface area contributed by atoms with Crippen LogP contribution in [0.2, 0.25) is 5.02 Å². The lowest BCUT2D eigenvalue weighted by atomic mass is 10.0. The van der Waals surface area contributed by atoms with Gasteiger partial charge in [-0.2, -0.15) is 0 Å². The third kappa shape index (κ3) is 3.98. The van der Waals surface area contributed by atoms with Gasteiger partial charge in [-0.15, -0.1) is 0 Å². The van der Waals surface area contributed by atoms with Gasteiger partial charge in [0.25, 0.3) is 5.91 Å². The van der Waals surface area contributed by atoms with Crippen molar-refractivity contribution >= 4 is 33.4 Å².